The van der Waals surface area contributed by atoms with Crippen LogP contribution in [-0.2, 0) is 6.42 Å². The predicted octanol–water partition coefficient (Wildman–Crippen LogP) is 5.80. The van der Waals surface area contributed by atoms with Crippen molar-refractivity contribution in [1.29, 1.82) is 0 Å². The van der Waals surface area contributed by atoms with E-state index in [4.69, 9.17) is 0 Å². The van der Waals surface area contributed by atoms with E-state index in [1.807, 2.05) is 78.9 Å². The molecule has 0 spiro atoms. The molecule has 0 aromatic heterocycles. The van der Waals surface area contributed by atoms with E-state index < -0.39 is 0 Å². The Morgan fingerprint density at radius 3 is 2.08 bits per heavy atom. The molecule has 3 heteroatoms. The van der Waals surface area contributed by atoms with Crippen LogP contribution in [0.3, 0.4) is 0 Å². The maximum Gasteiger partial charge on any atom is 0.187 e. The van der Waals surface area contributed by atoms with E-state index in [-0.39, 0.29) is 5.78 Å². The number of anilines is 3. The first-order valence-corrected chi connectivity index (χ1v) is 8.73. The molecule has 0 bridgehead atoms. The highest BCUT2D eigenvalue weighted by atomic mass is 16.1. The fourth-order valence-corrected chi connectivity index (χ4v) is 2.55. The lowest BCUT2D eigenvalue weighted by Crippen LogP contribution is -1.97. The highest BCUT2D eigenvalue weighted by molar-refractivity contribution is 6.04. The molecule has 0 heterocycles. The summed E-state index contributed by atoms with van der Waals surface area (Å²) in [4.78, 5) is 12.2. The van der Waals surface area contributed by atoms with Crippen molar-refractivity contribution < 1.29 is 4.79 Å². The first kappa shape index (κ1) is 17.5. The van der Waals surface area contributed by atoms with Crippen molar-refractivity contribution in [3.63, 3.8) is 0 Å². The molecule has 0 aliphatic carbocycles. The standard InChI is InChI=1S/C23H22N2O/c1-2-18-8-10-19(11-9-18)23(26)16-17-24-20-12-14-22(15-13-20)25-21-6-4-3-5-7-21/h3-17,24-25H,2H2,1H3/b17-16+. The molecule has 0 radical (unpaired) electrons. The van der Waals surface area contributed by atoms with Gasteiger partial charge in [0.2, 0.25) is 0 Å². The Kier molecular flexibility index (Phi) is 5.84. The van der Waals surface area contributed by atoms with Gasteiger partial charge in [0.15, 0.2) is 5.78 Å². The summed E-state index contributed by atoms with van der Waals surface area (Å²) < 4.78 is 0. The van der Waals surface area contributed by atoms with Gasteiger partial charge in [-0.2, -0.15) is 0 Å². The van der Waals surface area contributed by atoms with Gasteiger partial charge in [0.1, 0.15) is 0 Å². The van der Waals surface area contributed by atoms with Gasteiger partial charge >= 0.3 is 0 Å². The summed E-state index contributed by atoms with van der Waals surface area (Å²) in [6, 6.07) is 25.7. The molecule has 2 N–H and O–H groups in total. The van der Waals surface area contributed by atoms with Crippen LogP contribution in [0.2, 0.25) is 0 Å². The molecule has 0 atom stereocenters. The van der Waals surface area contributed by atoms with Crippen LogP contribution in [0.5, 0.6) is 0 Å². The molecular weight excluding hydrogens is 320 g/mol. The van der Waals surface area contributed by atoms with Gasteiger partial charge in [-0.3, -0.25) is 4.79 Å². The molecule has 3 aromatic rings. The maximum absolute atomic E-state index is 12.2. The number of nitrogens with one attached hydrogen (secondary N) is 2. The predicted molar refractivity (Wildman–Crippen MR) is 109 cm³/mol. The SMILES string of the molecule is CCc1ccc(C(=O)/C=C/Nc2ccc(Nc3ccccc3)cc2)cc1. The van der Waals surface area contributed by atoms with Gasteiger partial charge < -0.3 is 10.6 Å². The van der Waals surface area contributed by atoms with Gasteiger partial charge in [0.25, 0.3) is 0 Å². The van der Waals surface area contributed by atoms with Crippen LogP contribution in [0.15, 0.2) is 91.1 Å². The van der Waals surface area contributed by atoms with E-state index in [0.717, 1.165) is 23.5 Å². The number of benzene rings is 3. The second kappa shape index (κ2) is 8.67. The number of carbonyl (C=O) groups is 1. The lowest BCUT2D eigenvalue weighted by Gasteiger charge is -2.07. The molecule has 130 valence electrons. The average molecular weight is 342 g/mol. The Morgan fingerprint density at radius 1 is 0.808 bits per heavy atom. The molecule has 0 saturated heterocycles. The Labute approximate surface area is 154 Å². The fraction of sp³-hybridized carbons (Fsp3) is 0.0870. The zero-order valence-electron chi connectivity index (χ0n) is 14.8. The number of para-hydroxylation sites is 1. The van der Waals surface area contributed by atoms with Crippen LogP contribution < -0.4 is 10.6 Å². The van der Waals surface area contributed by atoms with Crippen molar-refractivity contribution in [2.45, 2.75) is 13.3 Å². The summed E-state index contributed by atoms with van der Waals surface area (Å²) >= 11 is 0. The van der Waals surface area contributed by atoms with E-state index >= 15 is 0 Å². The quantitative estimate of drug-likeness (QED) is 0.421. The fourth-order valence-electron chi connectivity index (χ4n) is 2.55. The van der Waals surface area contributed by atoms with Gasteiger partial charge in [-0.25, -0.2) is 0 Å². The zero-order valence-corrected chi connectivity index (χ0v) is 14.8. The van der Waals surface area contributed by atoms with Crippen LogP contribution in [0, 0.1) is 0 Å². The molecule has 0 aliphatic heterocycles. The van der Waals surface area contributed by atoms with Crippen LogP contribution in [-0.4, -0.2) is 5.78 Å². The Balaban J connectivity index is 1.55. The monoisotopic (exact) mass is 342 g/mol. The molecule has 3 rings (SSSR count). The van der Waals surface area contributed by atoms with E-state index in [2.05, 4.69) is 17.6 Å². The lowest BCUT2D eigenvalue weighted by molar-refractivity contribution is 0.104. The second-order valence-corrected chi connectivity index (χ2v) is 5.96. The van der Waals surface area contributed by atoms with E-state index in [0.29, 0.717) is 5.56 Å². The van der Waals surface area contributed by atoms with Crippen molar-refractivity contribution in [2.24, 2.45) is 0 Å². The third-order valence-corrected chi connectivity index (χ3v) is 4.08. The first-order chi connectivity index (χ1) is 12.7. The minimum Gasteiger partial charge on any atom is -0.362 e. The number of rotatable bonds is 7. The Bertz CT molecular complexity index is 866. The highest BCUT2D eigenvalue weighted by Crippen LogP contribution is 2.18. The van der Waals surface area contributed by atoms with Crippen LogP contribution in [0.25, 0.3) is 0 Å². The Morgan fingerprint density at radius 2 is 1.42 bits per heavy atom. The summed E-state index contributed by atoms with van der Waals surface area (Å²) in [6.07, 6.45) is 4.20. The largest absolute Gasteiger partial charge is 0.362 e. The summed E-state index contributed by atoms with van der Waals surface area (Å²) in [7, 11) is 0. The average Bonchev–Trinajstić information content (AvgIpc) is 2.70. The minimum atomic E-state index is -0.0116. The van der Waals surface area contributed by atoms with E-state index in [9.17, 15) is 4.79 Å². The molecule has 0 aliphatic rings. The molecule has 0 saturated carbocycles. The van der Waals surface area contributed by atoms with Gasteiger partial charge in [-0.15, -0.1) is 0 Å². The van der Waals surface area contributed by atoms with Crippen LogP contribution in [0.1, 0.15) is 22.8 Å². The summed E-state index contributed by atoms with van der Waals surface area (Å²) in [5, 5.41) is 6.47. The Hall–Kier alpha value is -3.33. The normalized spacial score (nSPS) is 10.7. The third kappa shape index (κ3) is 4.84. The molecule has 0 unspecified atom stereocenters. The third-order valence-electron chi connectivity index (χ3n) is 4.08. The summed E-state index contributed by atoms with van der Waals surface area (Å²) in [6.45, 7) is 2.10. The number of carbonyl (C=O) groups excluding carboxylic acids is 1. The van der Waals surface area contributed by atoms with Gasteiger partial charge in [0.05, 0.1) is 0 Å². The van der Waals surface area contributed by atoms with Crippen LogP contribution in [0.4, 0.5) is 17.1 Å². The van der Waals surface area contributed by atoms with Crippen molar-refractivity contribution in [3.8, 4) is 0 Å². The van der Waals surface area contributed by atoms with Crippen molar-refractivity contribution >= 4 is 22.8 Å². The number of aryl methyl sites for hydroxylation is 1. The molecule has 0 amide bonds. The molecule has 0 fully saturated rings. The molecule has 3 aromatic carbocycles. The maximum atomic E-state index is 12.2. The second-order valence-electron chi connectivity index (χ2n) is 5.96. The molecule has 3 nitrogen and oxygen atoms in total. The number of hydrogen-bond acceptors (Lipinski definition) is 3. The zero-order chi connectivity index (χ0) is 18.2. The van der Waals surface area contributed by atoms with Gasteiger partial charge in [-0.05, 0) is 48.4 Å². The lowest BCUT2D eigenvalue weighted by atomic mass is 10.1. The van der Waals surface area contributed by atoms with Gasteiger partial charge in [0, 0.05) is 34.9 Å². The van der Waals surface area contributed by atoms with Crippen molar-refractivity contribution in [1.82, 2.24) is 0 Å². The minimum absolute atomic E-state index is 0.0116. The number of hydrogen-bond donors (Lipinski definition) is 2. The first-order valence-electron chi connectivity index (χ1n) is 8.73. The number of ketones is 1. The molecule has 26 heavy (non-hydrogen) atoms. The summed E-state index contributed by atoms with van der Waals surface area (Å²) in [5.41, 5.74) is 4.91. The van der Waals surface area contributed by atoms with Crippen molar-refractivity contribution in [3.05, 3.63) is 102 Å². The van der Waals surface area contributed by atoms with Crippen LogP contribution >= 0.6 is 0 Å². The van der Waals surface area contributed by atoms with Gasteiger partial charge in [-0.1, -0.05) is 49.4 Å². The van der Waals surface area contributed by atoms with Crippen molar-refractivity contribution in [2.75, 3.05) is 10.6 Å². The number of allylic oxidation sites excluding steroid dienone is 1. The molecular formula is C23H22N2O. The topological polar surface area (TPSA) is 41.1 Å². The van der Waals surface area contributed by atoms with E-state index in [1.54, 1.807) is 12.3 Å². The smallest absolute Gasteiger partial charge is 0.187 e. The van der Waals surface area contributed by atoms with E-state index in [1.165, 1.54) is 5.56 Å². The highest BCUT2D eigenvalue weighted by Gasteiger charge is 2.01. The summed E-state index contributed by atoms with van der Waals surface area (Å²) in [5.74, 6) is -0.0116.